The van der Waals surface area contributed by atoms with Crippen LogP contribution >= 0.6 is 0 Å². The number of esters is 1. The van der Waals surface area contributed by atoms with E-state index in [-0.39, 0.29) is 29.8 Å². The third kappa shape index (κ3) is 4.86. The number of halogens is 1. The van der Waals surface area contributed by atoms with Crippen LogP contribution in [0.3, 0.4) is 0 Å². The maximum absolute atomic E-state index is 13.3. The van der Waals surface area contributed by atoms with Crippen LogP contribution in [0, 0.1) is 12.7 Å². The van der Waals surface area contributed by atoms with Crippen LogP contribution in [0.15, 0.2) is 18.2 Å². The number of methoxy groups -OCH3 is 1. The molecule has 5 nitrogen and oxygen atoms in total. The molecule has 7 heteroatoms. The number of carbonyl (C=O) groups is 1. The zero-order chi connectivity index (χ0) is 14.5. The monoisotopic (exact) mass is 289 g/mol. The fraction of sp³-hybridized carbons (Fsp3) is 0.417. The van der Waals surface area contributed by atoms with Crippen LogP contribution in [-0.4, -0.2) is 27.2 Å². The van der Waals surface area contributed by atoms with Crippen LogP contribution in [0.5, 0.6) is 0 Å². The lowest BCUT2D eigenvalue weighted by molar-refractivity contribution is -0.140. The lowest BCUT2D eigenvalue weighted by Crippen LogP contribution is -2.18. The van der Waals surface area contributed by atoms with Crippen molar-refractivity contribution >= 4 is 21.7 Å². The van der Waals surface area contributed by atoms with Gasteiger partial charge in [0.2, 0.25) is 10.0 Å². The molecule has 1 N–H and O–H groups in total. The number of benzene rings is 1. The number of carbonyl (C=O) groups excluding carboxylic acids is 1. The van der Waals surface area contributed by atoms with Gasteiger partial charge in [-0.05, 0) is 25.5 Å². The summed E-state index contributed by atoms with van der Waals surface area (Å²) in [6.45, 7) is 1.49. The van der Waals surface area contributed by atoms with E-state index in [2.05, 4.69) is 9.46 Å². The fourth-order valence-electron chi connectivity index (χ4n) is 1.45. The van der Waals surface area contributed by atoms with Crippen LogP contribution in [0.2, 0.25) is 0 Å². The highest BCUT2D eigenvalue weighted by Crippen LogP contribution is 2.19. The zero-order valence-corrected chi connectivity index (χ0v) is 11.6. The summed E-state index contributed by atoms with van der Waals surface area (Å²) in [5.74, 6) is -1.16. The number of sulfonamides is 1. The molecule has 0 radical (unpaired) electrons. The van der Waals surface area contributed by atoms with Gasteiger partial charge in [0.15, 0.2) is 0 Å². The molecule has 0 aromatic heterocycles. The lowest BCUT2D eigenvalue weighted by Gasteiger charge is -2.10. The quantitative estimate of drug-likeness (QED) is 0.811. The highest BCUT2D eigenvalue weighted by molar-refractivity contribution is 7.92. The molecule has 0 saturated heterocycles. The maximum atomic E-state index is 13.3. The molecule has 1 aromatic rings. The van der Waals surface area contributed by atoms with Crippen molar-refractivity contribution in [2.75, 3.05) is 17.6 Å². The van der Waals surface area contributed by atoms with E-state index in [4.69, 9.17) is 0 Å². The summed E-state index contributed by atoms with van der Waals surface area (Å²) in [6.07, 6.45) is 0.177. The van der Waals surface area contributed by atoms with Crippen molar-refractivity contribution in [3.8, 4) is 0 Å². The Hall–Kier alpha value is -1.63. The topological polar surface area (TPSA) is 72.5 Å². The Bertz CT molecular complexity index is 557. The van der Waals surface area contributed by atoms with Gasteiger partial charge in [-0.2, -0.15) is 0 Å². The van der Waals surface area contributed by atoms with Crippen LogP contribution in [-0.2, 0) is 19.6 Å². The zero-order valence-electron chi connectivity index (χ0n) is 10.8. The molecule has 0 saturated carbocycles. The lowest BCUT2D eigenvalue weighted by atomic mass is 10.2. The van der Waals surface area contributed by atoms with Gasteiger partial charge in [-0.1, -0.05) is 6.07 Å². The number of rotatable bonds is 6. The number of hydrogen-bond acceptors (Lipinski definition) is 4. The summed E-state index contributed by atoms with van der Waals surface area (Å²) in [4.78, 5) is 10.9. The molecule has 1 rings (SSSR count). The first-order valence-corrected chi connectivity index (χ1v) is 7.33. The predicted molar refractivity (Wildman–Crippen MR) is 69.8 cm³/mol. The van der Waals surface area contributed by atoms with Gasteiger partial charge in [0.05, 0.1) is 18.6 Å². The largest absolute Gasteiger partial charge is 0.469 e. The van der Waals surface area contributed by atoms with E-state index < -0.39 is 21.8 Å². The number of ether oxygens (including phenoxy) is 1. The van der Waals surface area contributed by atoms with Crippen LogP contribution in [0.4, 0.5) is 10.1 Å². The van der Waals surface area contributed by atoms with E-state index in [1.807, 2.05) is 0 Å². The average Bonchev–Trinajstić information content (AvgIpc) is 2.34. The Morgan fingerprint density at radius 1 is 1.42 bits per heavy atom. The molecule has 0 amide bonds. The van der Waals surface area contributed by atoms with E-state index in [0.717, 1.165) is 0 Å². The summed E-state index contributed by atoms with van der Waals surface area (Å²) in [5, 5.41) is 0. The average molecular weight is 289 g/mol. The summed E-state index contributed by atoms with van der Waals surface area (Å²) >= 11 is 0. The van der Waals surface area contributed by atoms with Crippen LogP contribution in [0.1, 0.15) is 18.4 Å². The number of anilines is 1. The maximum Gasteiger partial charge on any atom is 0.305 e. The second kappa shape index (κ2) is 6.51. The molecule has 106 valence electrons. The normalized spacial score (nSPS) is 11.1. The highest BCUT2D eigenvalue weighted by atomic mass is 32.2. The summed E-state index contributed by atoms with van der Waals surface area (Å²) in [6, 6.07) is 4.16. The first kappa shape index (κ1) is 15.4. The molecule has 0 aliphatic heterocycles. The third-order valence-corrected chi connectivity index (χ3v) is 3.91. The Labute approximate surface area is 111 Å². The van der Waals surface area contributed by atoms with E-state index in [1.165, 1.54) is 32.2 Å². The predicted octanol–water partition coefficient (Wildman–Crippen LogP) is 1.83. The van der Waals surface area contributed by atoms with Crippen molar-refractivity contribution in [1.82, 2.24) is 0 Å². The Kier molecular flexibility index (Phi) is 5.29. The number of hydrogen-bond donors (Lipinski definition) is 1. The number of nitrogens with one attached hydrogen (secondary N) is 1. The molecular weight excluding hydrogens is 273 g/mol. The highest BCUT2D eigenvalue weighted by Gasteiger charge is 2.14. The first-order chi connectivity index (χ1) is 8.85. The summed E-state index contributed by atoms with van der Waals surface area (Å²) in [7, 11) is -2.36. The van der Waals surface area contributed by atoms with E-state index in [0.29, 0.717) is 0 Å². The summed E-state index contributed by atoms with van der Waals surface area (Å²) < 4.78 is 43.5. The van der Waals surface area contributed by atoms with Gasteiger partial charge in [-0.15, -0.1) is 0 Å². The molecule has 0 spiro atoms. The Balaban J connectivity index is 2.64. The second-order valence-electron chi connectivity index (χ2n) is 4.01. The molecule has 0 unspecified atom stereocenters. The van der Waals surface area contributed by atoms with Crippen molar-refractivity contribution < 1.29 is 22.3 Å². The fourth-order valence-corrected chi connectivity index (χ4v) is 2.63. The minimum Gasteiger partial charge on any atom is -0.469 e. The van der Waals surface area contributed by atoms with Crippen LogP contribution in [0.25, 0.3) is 0 Å². The van der Waals surface area contributed by atoms with Gasteiger partial charge < -0.3 is 4.74 Å². The smallest absolute Gasteiger partial charge is 0.305 e. The third-order valence-electron chi connectivity index (χ3n) is 2.55. The molecule has 19 heavy (non-hydrogen) atoms. The van der Waals surface area contributed by atoms with Gasteiger partial charge in [0.1, 0.15) is 5.82 Å². The molecule has 0 heterocycles. The standard InChI is InChI=1S/C12H16FNO4S/c1-9-10(13)5-3-6-11(9)14-19(16,17)8-4-7-12(15)18-2/h3,5-6,14H,4,7-8H2,1-2H3. The van der Waals surface area contributed by atoms with Gasteiger partial charge in [-0.25, -0.2) is 12.8 Å². The van der Waals surface area contributed by atoms with Crippen LogP contribution < -0.4 is 4.72 Å². The van der Waals surface area contributed by atoms with Gasteiger partial charge in [-0.3, -0.25) is 9.52 Å². The van der Waals surface area contributed by atoms with Crippen molar-refractivity contribution in [2.45, 2.75) is 19.8 Å². The van der Waals surface area contributed by atoms with Crippen molar-refractivity contribution in [2.24, 2.45) is 0 Å². The van der Waals surface area contributed by atoms with Crippen molar-refractivity contribution in [3.05, 3.63) is 29.6 Å². The van der Waals surface area contributed by atoms with E-state index in [1.54, 1.807) is 0 Å². The first-order valence-electron chi connectivity index (χ1n) is 5.68. The molecule has 0 aliphatic carbocycles. The minimum atomic E-state index is -3.60. The minimum absolute atomic E-state index is 0.0273. The van der Waals surface area contributed by atoms with Gasteiger partial charge in [0, 0.05) is 12.0 Å². The molecule has 0 fully saturated rings. The SMILES string of the molecule is COC(=O)CCCS(=O)(=O)Nc1cccc(F)c1C. The van der Waals surface area contributed by atoms with Crippen molar-refractivity contribution in [1.29, 1.82) is 0 Å². The Morgan fingerprint density at radius 3 is 2.74 bits per heavy atom. The molecule has 0 bridgehead atoms. The summed E-state index contributed by atoms with van der Waals surface area (Å²) in [5.41, 5.74) is 0.442. The molecule has 0 atom stereocenters. The van der Waals surface area contributed by atoms with Crippen molar-refractivity contribution in [3.63, 3.8) is 0 Å². The molecule has 1 aromatic carbocycles. The van der Waals surface area contributed by atoms with Gasteiger partial charge >= 0.3 is 5.97 Å². The second-order valence-corrected chi connectivity index (χ2v) is 5.85. The Morgan fingerprint density at radius 2 is 2.11 bits per heavy atom. The van der Waals surface area contributed by atoms with E-state index in [9.17, 15) is 17.6 Å². The molecule has 0 aliphatic rings. The molecular formula is C12H16FNO4S. The van der Waals surface area contributed by atoms with E-state index >= 15 is 0 Å². The van der Waals surface area contributed by atoms with Gasteiger partial charge in [0.25, 0.3) is 0 Å².